The summed E-state index contributed by atoms with van der Waals surface area (Å²) in [4.78, 5) is 25.2. The summed E-state index contributed by atoms with van der Waals surface area (Å²) in [7, 11) is 0. The van der Waals surface area contributed by atoms with Crippen LogP contribution >= 0.6 is 12.4 Å². The van der Waals surface area contributed by atoms with Gasteiger partial charge in [-0.2, -0.15) is 13.2 Å². The van der Waals surface area contributed by atoms with Gasteiger partial charge in [0.05, 0.1) is 6.04 Å². The predicted molar refractivity (Wildman–Crippen MR) is 85.8 cm³/mol. The largest absolute Gasteiger partial charge is 0.400 e. The molecule has 0 radical (unpaired) electrons. The molecule has 0 spiro atoms. The normalized spacial score (nSPS) is 25.8. The third-order valence-electron chi connectivity index (χ3n) is 4.63. The molecule has 2 aliphatic heterocycles. The fraction of sp³-hybridized carbons (Fsp3) is 0.867. The minimum absolute atomic E-state index is 0. The van der Waals surface area contributed by atoms with Crippen LogP contribution in [0, 0.1) is 11.8 Å². The van der Waals surface area contributed by atoms with Gasteiger partial charge in [0.2, 0.25) is 11.8 Å². The summed E-state index contributed by atoms with van der Waals surface area (Å²) in [5, 5.41) is 5.95. The van der Waals surface area contributed by atoms with E-state index in [2.05, 4.69) is 10.6 Å². The molecule has 2 saturated heterocycles. The molecular formula is C15H25ClF3N3O2. The van der Waals surface area contributed by atoms with Gasteiger partial charge in [0.25, 0.3) is 0 Å². The van der Waals surface area contributed by atoms with Crippen molar-refractivity contribution in [2.75, 3.05) is 26.2 Å². The number of amides is 2. The lowest BCUT2D eigenvalue weighted by Gasteiger charge is -2.35. The SMILES string of the molecule is CC(C(=O)N1CCCC(CNC(=O)C2CCCN2)C1)C(F)(F)F.Cl. The zero-order valence-electron chi connectivity index (χ0n) is 13.7. The molecule has 140 valence electrons. The minimum Gasteiger partial charge on any atom is -0.354 e. The number of carbonyl (C=O) groups is 2. The summed E-state index contributed by atoms with van der Waals surface area (Å²) in [6, 6.07) is -0.165. The molecule has 24 heavy (non-hydrogen) atoms. The zero-order valence-corrected chi connectivity index (χ0v) is 14.5. The Morgan fingerprint density at radius 2 is 2.00 bits per heavy atom. The Bertz CT molecular complexity index is 442. The van der Waals surface area contributed by atoms with Gasteiger partial charge in [-0.05, 0) is 45.1 Å². The minimum atomic E-state index is -4.51. The number of rotatable bonds is 4. The van der Waals surface area contributed by atoms with Crippen LogP contribution in [0.2, 0.25) is 0 Å². The second kappa shape index (κ2) is 8.89. The van der Waals surface area contributed by atoms with Crippen LogP contribution in [0.4, 0.5) is 13.2 Å². The van der Waals surface area contributed by atoms with E-state index in [0.29, 0.717) is 19.5 Å². The van der Waals surface area contributed by atoms with E-state index in [4.69, 9.17) is 0 Å². The van der Waals surface area contributed by atoms with Crippen LogP contribution < -0.4 is 10.6 Å². The van der Waals surface area contributed by atoms with E-state index in [-0.39, 0.29) is 36.8 Å². The van der Waals surface area contributed by atoms with Gasteiger partial charge in [-0.15, -0.1) is 12.4 Å². The predicted octanol–water partition coefficient (Wildman–Crippen LogP) is 1.71. The monoisotopic (exact) mass is 371 g/mol. The molecule has 2 amide bonds. The molecule has 3 unspecified atom stereocenters. The molecule has 5 nitrogen and oxygen atoms in total. The maximum Gasteiger partial charge on any atom is 0.400 e. The number of nitrogens with one attached hydrogen (secondary N) is 2. The Labute approximate surface area is 146 Å². The summed E-state index contributed by atoms with van der Waals surface area (Å²) in [6.45, 7) is 2.77. The third-order valence-corrected chi connectivity index (χ3v) is 4.63. The Kier molecular flexibility index (Phi) is 7.79. The highest BCUT2D eigenvalue weighted by molar-refractivity contribution is 5.85. The molecule has 0 aromatic heterocycles. The average Bonchev–Trinajstić information content (AvgIpc) is 3.05. The van der Waals surface area contributed by atoms with Crippen molar-refractivity contribution in [3.05, 3.63) is 0 Å². The number of carbonyl (C=O) groups excluding carboxylic acids is 2. The summed E-state index contributed by atoms with van der Waals surface area (Å²) in [5.41, 5.74) is 0. The van der Waals surface area contributed by atoms with Crippen molar-refractivity contribution in [2.45, 2.75) is 44.8 Å². The van der Waals surface area contributed by atoms with E-state index in [1.807, 2.05) is 0 Å². The highest BCUT2D eigenvalue weighted by Crippen LogP contribution is 2.29. The Morgan fingerprint density at radius 1 is 1.29 bits per heavy atom. The number of nitrogens with zero attached hydrogens (tertiary/aromatic N) is 1. The first-order chi connectivity index (χ1) is 10.8. The molecule has 2 N–H and O–H groups in total. The van der Waals surface area contributed by atoms with Crippen molar-refractivity contribution in [3.63, 3.8) is 0 Å². The zero-order chi connectivity index (χ0) is 17.0. The van der Waals surface area contributed by atoms with Crippen molar-refractivity contribution < 1.29 is 22.8 Å². The first-order valence-electron chi connectivity index (χ1n) is 8.15. The van der Waals surface area contributed by atoms with E-state index >= 15 is 0 Å². The number of alkyl halides is 3. The van der Waals surface area contributed by atoms with E-state index in [1.54, 1.807) is 0 Å². The Hall–Kier alpha value is -1.02. The Balaban J connectivity index is 0.00000288. The molecule has 2 heterocycles. The van der Waals surface area contributed by atoms with Gasteiger partial charge in [-0.1, -0.05) is 0 Å². The summed E-state index contributed by atoms with van der Waals surface area (Å²) in [6.07, 6.45) is -1.25. The van der Waals surface area contributed by atoms with Gasteiger partial charge >= 0.3 is 6.18 Å². The molecule has 0 aliphatic carbocycles. The van der Waals surface area contributed by atoms with Crippen molar-refractivity contribution >= 4 is 24.2 Å². The quantitative estimate of drug-likeness (QED) is 0.791. The van der Waals surface area contributed by atoms with Crippen molar-refractivity contribution in [1.29, 1.82) is 0 Å². The number of piperidine rings is 1. The maximum atomic E-state index is 12.7. The van der Waals surface area contributed by atoms with Crippen LogP contribution in [0.25, 0.3) is 0 Å². The van der Waals surface area contributed by atoms with Gasteiger partial charge in [-0.25, -0.2) is 0 Å². The van der Waals surface area contributed by atoms with Gasteiger partial charge < -0.3 is 15.5 Å². The first kappa shape index (κ1) is 21.0. The molecular weight excluding hydrogens is 347 g/mol. The highest BCUT2D eigenvalue weighted by Gasteiger charge is 2.43. The standard InChI is InChI=1S/C15H24F3N3O2.ClH/c1-10(15(16,17)18)14(23)21-7-3-4-11(9-21)8-20-13(22)12-5-2-6-19-12;/h10-12,19H,2-9H2,1H3,(H,20,22);1H. The fourth-order valence-corrected chi connectivity index (χ4v) is 3.12. The summed E-state index contributed by atoms with van der Waals surface area (Å²) in [5.74, 6) is -2.89. The van der Waals surface area contributed by atoms with Gasteiger partial charge in [0, 0.05) is 19.6 Å². The van der Waals surface area contributed by atoms with Crippen LogP contribution in [0.1, 0.15) is 32.6 Å². The molecule has 0 bridgehead atoms. The number of hydrogen-bond donors (Lipinski definition) is 2. The van der Waals surface area contributed by atoms with Crippen molar-refractivity contribution in [2.24, 2.45) is 11.8 Å². The second-order valence-corrected chi connectivity index (χ2v) is 6.45. The number of hydrogen-bond acceptors (Lipinski definition) is 3. The molecule has 0 aromatic rings. The van der Waals surface area contributed by atoms with Crippen LogP contribution in [0.5, 0.6) is 0 Å². The van der Waals surface area contributed by atoms with Crippen LogP contribution in [-0.4, -0.2) is 55.1 Å². The van der Waals surface area contributed by atoms with E-state index < -0.39 is 18.0 Å². The molecule has 2 fully saturated rings. The van der Waals surface area contributed by atoms with Gasteiger partial charge in [0.1, 0.15) is 5.92 Å². The van der Waals surface area contributed by atoms with Gasteiger partial charge in [0.15, 0.2) is 0 Å². The number of likely N-dealkylation sites (tertiary alicyclic amines) is 1. The molecule has 0 aromatic carbocycles. The maximum absolute atomic E-state index is 12.7. The third kappa shape index (κ3) is 5.51. The van der Waals surface area contributed by atoms with E-state index in [9.17, 15) is 22.8 Å². The molecule has 0 saturated carbocycles. The highest BCUT2D eigenvalue weighted by atomic mass is 35.5. The smallest absolute Gasteiger partial charge is 0.354 e. The lowest BCUT2D eigenvalue weighted by molar-refractivity contribution is -0.186. The van der Waals surface area contributed by atoms with Crippen LogP contribution in [-0.2, 0) is 9.59 Å². The molecule has 2 rings (SSSR count). The second-order valence-electron chi connectivity index (χ2n) is 6.45. The van der Waals surface area contributed by atoms with E-state index in [0.717, 1.165) is 32.7 Å². The van der Waals surface area contributed by atoms with E-state index in [1.165, 1.54) is 4.90 Å². The number of halogens is 4. The lowest BCUT2D eigenvalue weighted by Crippen LogP contribution is -2.49. The lowest BCUT2D eigenvalue weighted by atomic mass is 9.96. The Morgan fingerprint density at radius 3 is 2.58 bits per heavy atom. The van der Waals surface area contributed by atoms with Crippen LogP contribution in [0.15, 0.2) is 0 Å². The first-order valence-corrected chi connectivity index (χ1v) is 8.15. The van der Waals surface area contributed by atoms with Crippen LogP contribution in [0.3, 0.4) is 0 Å². The summed E-state index contributed by atoms with van der Waals surface area (Å²) >= 11 is 0. The van der Waals surface area contributed by atoms with Crippen molar-refractivity contribution in [1.82, 2.24) is 15.5 Å². The molecule has 3 atom stereocenters. The summed E-state index contributed by atoms with van der Waals surface area (Å²) < 4.78 is 38.0. The molecule has 9 heteroatoms. The van der Waals surface area contributed by atoms with Gasteiger partial charge in [-0.3, -0.25) is 9.59 Å². The fourth-order valence-electron chi connectivity index (χ4n) is 3.12. The molecule has 2 aliphatic rings. The van der Waals surface area contributed by atoms with Crippen molar-refractivity contribution in [3.8, 4) is 0 Å². The topological polar surface area (TPSA) is 61.4 Å². The average molecular weight is 372 g/mol.